The van der Waals surface area contributed by atoms with Crippen molar-refractivity contribution >= 4 is 28.6 Å². The van der Waals surface area contributed by atoms with Crippen LogP contribution in [0.5, 0.6) is 0 Å². The van der Waals surface area contributed by atoms with Crippen LogP contribution in [0.2, 0.25) is 0 Å². The van der Waals surface area contributed by atoms with Gasteiger partial charge in [-0.25, -0.2) is 0 Å². The molecule has 0 spiro atoms. The van der Waals surface area contributed by atoms with E-state index in [0.29, 0.717) is 25.9 Å². The van der Waals surface area contributed by atoms with Gasteiger partial charge < -0.3 is 9.84 Å². The van der Waals surface area contributed by atoms with Crippen molar-refractivity contribution in [1.82, 2.24) is 0 Å². The molecule has 0 bridgehead atoms. The Balaban J connectivity index is 2.84. The number of benzene rings is 1. The minimum absolute atomic E-state index is 0.0514. The minimum atomic E-state index is -0.755. The summed E-state index contributed by atoms with van der Waals surface area (Å²) in [4.78, 5) is 15.1. The molecule has 7 heteroatoms. The predicted molar refractivity (Wildman–Crippen MR) is 97.0 cm³/mol. The maximum Gasteiger partial charge on any atom is 0.316 e. The first-order valence-electron chi connectivity index (χ1n) is 7.56. The van der Waals surface area contributed by atoms with E-state index in [-0.39, 0.29) is 12.5 Å². The van der Waals surface area contributed by atoms with E-state index >= 15 is 0 Å². The molecule has 126 valence electrons. The number of carbonyl (C=O) groups excluding carboxylic acids is 1. The number of aliphatic hydroxyl groups is 1. The minimum Gasteiger partial charge on any atom is -0.465 e. The van der Waals surface area contributed by atoms with Gasteiger partial charge in [-0.15, -0.1) is 0 Å². The quantitative estimate of drug-likeness (QED) is 0.211. The number of aliphatic hydroxyl groups excluding tert-OH is 1. The van der Waals surface area contributed by atoms with Gasteiger partial charge in [0.25, 0.3) is 0 Å². The third kappa shape index (κ3) is 6.01. The average Bonchev–Trinajstić information content (AvgIpc) is 2.53. The SMILES string of the molecule is CCOC(=O)C(C)(CCCC(O)CN=[N+]=[N-])c1cccc(I)c1. The molecule has 0 fully saturated rings. The van der Waals surface area contributed by atoms with E-state index in [1.807, 2.05) is 31.2 Å². The van der Waals surface area contributed by atoms with Crippen LogP contribution in [0.25, 0.3) is 10.4 Å². The number of rotatable bonds is 9. The second-order valence-corrected chi connectivity index (χ2v) is 6.77. The molecule has 2 atom stereocenters. The van der Waals surface area contributed by atoms with Crippen LogP contribution in [-0.2, 0) is 14.9 Å². The van der Waals surface area contributed by atoms with Gasteiger partial charge in [0.05, 0.1) is 24.7 Å². The van der Waals surface area contributed by atoms with E-state index in [1.54, 1.807) is 6.92 Å². The van der Waals surface area contributed by atoms with Crippen molar-refractivity contribution in [2.24, 2.45) is 5.11 Å². The lowest BCUT2D eigenvalue weighted by atomic mass is 9.78. The van der Waals surface area contributed by atoms with Gasteiger partial charge in [0.1, 0.15) is 0 Å². The Morgan fingerprint density at radius 1 is 1.57 bits per heavy atom. The standard InChI is InChI=1S/C16H22IN3O3/c1-3-23-15(22)16(2,12-6-4-7-13(17)10-12)9-5-8-14(21)11-19-20-18/h4,6-7,10,14,21H,3,5,8-9,11H2,1-2H3. The van der Waals surface area contributed by atoms with Crippen LogP contribution in [0.4, 0.5) is 0 Å². The molecule has 0 saturated heterocycles. The van der Waals surface area contributed by atoms with Gasteiger partial charge in [-0.05, 0) is 78.9 Å². The fourth-order valence-electron chi connectivity index (χ4n) is 2.40. The van der Waals surface area contributed by atoms with Gasteiger partial charge in [-0.3, -0.25) is 4.79 Å². The molecule has 0 heterocycles. The highest BCUT2D eigenvalue weighted by Gasteiger charge is 2.36. The first kappa shape index (κ1) is 19.7. The number of halogens is 1. The smallest absolute Gasteiger partial charge is 0.316 e. The highest BCUT2D eigenvalue weighted by Crippen LogP contribution is 2.32. The predicted octanol–water partition coefficient (Wildman–Crippen LogP) is 3.95. The van der Waals surface area contributed by atoms with Crippen molar-refractivity contribution in [2.45, 2.75) is 44.6 Å². The molecule has 1 N–H and O–H groups in total. The Kier molecular flexibility index (Phi) is 8.36. The molecule has 1 aromatic carbocycles. The Bertz CT molecular complexity index is 575. The molecule has 23 heavy (non-hydrogen) atoms. The molecule has 0 radical (unpaired) electrons. The van der Waals surface area contributed by atoms with Gasteiger partial charge in [0.15, 0.2) is 0 Å². The molecule has 1 aromatic rings. The molecule has 2 unspecified atom stereocenters. The van der Waals surface area contributed by atoms with Gasteiger partial charge in [-0.2, -0.15) is 0 Å². The lowest BCUT2D eigenvalue weighted by molar-refractivity contribution is -0.150. The van der Waals surface area contributed by atoms with Crippen LogP contribution in [0.1, 0.15) is 38.7 Å². The Morgan fingerprint density at radius 2 is 2.30 bits per heavy atom. The number of hydrogen-bond acceptors (Lipinski definition) is 4. The van der Waals surface area contributed by atoms with Crippen molar-refractivity contribution in [2.75, 3.05) is 13.2 Å². The van der Waals surface area contributed by atoms with Crippen molar-refractivity contribution < 1.29 is 14.6 Å². The lowest BCUT2D eigenvalue weighted by Crippen LogP contribution is -2.35. The van der Waals surface area contributed by atoms with Crippen LogP contribution < -0.4 is 0 Å². The molecule has 0 aliphatic rings. The fourth-order valence-corrected chi connectivity index (χ4v) is 2.94. The molecule has 0 aliphatic heterocycles. The summed E-state index contributed by atoms with van der Waals surface area (Å²) in [6, 6.07) is 7.80. The molecule has 1 rings (SSSR count). The normalized spacial score (nSPS) is 14.4. The van der Waals surface area contributed by atoms with Crippen LogP contribution in [0, 0.1) is 3.57 Å². The number of azide groups is 1. The van der Waals surface area contributed by atoms with E-state index in [1.165, 1.54) is 0 Å². The van der Waals surface area contributed by atoms with Crippen molar-refractivity contribution in [3.05, 3.63) is 43.8 Å². The van der Waals surface area contributed by atoms with Gasteiger partial charge in [0.2, 0.25) is 0 Å². The number of ether oxygens (including phenoxy) is 1. The summed E-state index contributed by atoms with van der Waals surface area (Å²) in [5, 5.41) is 13.1. The second-order valence-electron chi connectivity index (χ2n) is 5.52. The maximum atomic E-state index is 12.5. The summed E-state index contributed by atoms with van der Waals surface area (Å²) >= 11 is 2.22. The first-order valence-corrected chi connectivity index (χ1v) is 8.64. The van der Waals surface area contributed by atoms with E-state index in [2.05, 4.69) is 32.6 Å². The van der Waals surface area contributed by atoms with Crippen LogP contribution in [0.15, 0.2) is 29.4 Å². The summed E-state index contributed by atoms with van der Waals surface area (Å²) in [5.41, 5.74) is 8.42. The number of nitrogens with zero attached hydrogens (tertiary/aromatic N) is 3. The second kappa shape index (κ2) is 9.75. The van der Waals surface area contributed by atoms with Crippen LogP contribution in [-0.4, -0.2) is 30.3 Å². The summed E-state index contributed by atoms with van der Waals surface area (Å²) in [6.07, 6.45) is 0.966. The summed E-state index contributed by atoms with van der Waals surface area (Å²) in [6.45, 7) is 4.04. The molecular formula is C16H22IN3O3. The Hall–Kier alpha value is -1.31. The fraction of sp³-hybridized carbons (Fsp3) is 0.562. The average molecular weight is 431 g/mol. The largest absolute Gasteiger partial charge is 0.465 e. The molecular weight excluding hydrogens is 409 g/mol. The topological polar surface area (TPSA) is 95.3 Å². The van der Waals surface area contributed by atoms with E-state index in [0.717, 1.165) is 9.13 Å². The molecule has 0 amide bonds. The number of carbonyl (C=O) groups is 1. The molecule has 0 aromatic heterocycles. The summed E-state index contributed by atoms with van der Waals surface area (Å²) in [5.74, 6) is -0.258. The zero-order chi connectivity index (χ0) is 17.3. The highest BCUT2D eigenvalue weighted by atomic mass is 127. The van der Waals surface area contributed by atoms with Gasteiger partial charge >= 0.3 is 5.97 Å². The van der Waals surface area contributed by atoms with Gasteiger partial charge in [-0.1, -0.05) is 17.2 Å². The maximum absolute atomic E-state index is 12.5. The van der Waals surface area contributed by atoms with Crippen molar-refractivity contribution in [3.8, 4) is 0 Å². The zero-order valence-corrected chi connectivity index (χ0v) is 15.6. The summed E-state index contributed by atoms with van der Waals surface area (Å²) < 4.78 is 6.31. The zero-order valence-electron chi connectivity index (χ0n) is 13.4. The molecule has 0 aliphatic carbocycles. The Morgan fingerprint density at radius 3 is 2.91 bits per heavy atom. The van der Waals surface area contributed by atoms with Crippen LogP contribution >= 0.6 is 22.6 Å². The van der Waals surface area contributed by atoms with Crippen molar-refractivity contribution in [3.63, 3.8) is 0 Å². The number of esters is 1. The molecule has 6 nitrogen and oxygen atoms in total. The highest BCUT2D eigenvalue weighted by molar-refractivity contribution is 14.1. The lowest BCUT2D eigenvalue weighted by Gasteiger charge is -2.28. The third-order valence-electron chi connectivity index (χ3n) is 3.76. The van der Waals surface area contributed by atoms with Gasteiger partial charge in [0, 0.05) is 8.48 Å². The third-order valence-corrected chi connectivity index (χ3v) is 4.43. The van der Waals surface area contributed by atoms with Crippen molar-refractivity contribution in [1.29, 1.82) is 0 Å². The van der Waals surface area contributed by atoms with E-state index < -0.39 is 11.5 Å². The Labute approximate surface area is 150 Å². The summed E-state index contributed by atoms with van der Waals surface area (Å²) in [7, 11) is 0. The number of hydrogen-bond donors (Lipinski definition) is 1. The van der Waals surface area contributed by atoms with E-state index in [9.17, 15) is 9.90 Å². The van der Waals surface area contributed by atoms with Crippen LogP contribution in [0.3, 0.4) is 0 Å². The molecule has 0 saturated carbocycles. The first-order chi connectivity index (χ1) is 10.9. The van der Waals surface area contributed by atoms with E-state index in [4.69, 9.17) is 10.3 Å². The monoisotopic (exact) mass is 431 g/mol.